The van der Waals surface area contributed by atoms with Crippen molar-refractivity contribution in [3.63, 3.8) is 0 Å². The van der Waals surface area contributed by atoms with E-state index in [1.54, 1.807) is 28.3 Å². The second kappa shape index (κ2) is 25.2. The molecule has 4 aliphatic rings. The van der Waals surface area contributed by atoms with Crippen LogP contribution in [0.3, 0.4) is 0 Å². The molecule has 4 rings (SSSR count). The van der Waals surface area contributed by atoms with E-state index in [-0.39, 0.29) is 66.8 Å². The van der Waals surface area contributed by atoms with Gasteiger partial charge in [-0.25, -0.2) is 4.79 Å². The van der Waals surface area contributed by atoms with Crippen molar-refractivity contribution in [2.75, 3.05) is 27.9 Å². The lowest BCUT2D eigenvalue weighted by Gasteiger charge is -2.42. The molecule has 1 unspecified atom stereocenters. The van der Waals surface area contributed by atoms with Gasteiger partial charge in [0.1, 0.15) is 24.0 Å². The van der Waals surface area contributed by atoms with E-state index >= 15 is 0 Å². The Morgan fingerprint density at radius 2 is 1.55 bits per heavy atom. The van der Waals surface area contributed by atoms with Crippen LogP contribution in [0.1, 0.15) is 139 Å². The van der Waals surface area contributed by atoms with Gasteiger partial charge in [0, 0.05) is 64.4 Å². The summed E-state index contributed by atoms with van der Waals surface area (Å²) in [6.07, 6.45) is 16.4. The van der Waals surface area contributed by atoms with Gasteiger partial charge in [0.25, 0.3) is 11.7 Å². The number of amides is 1. The van der Waals surface area contributed by atoms with Crippen LogP contribution >= 0.6 is 0 Å². The summed E-state index contributed by atoms with van der Waals surface area (Å²) < 4.78 is 30.1. The first-order valence-corrected chi connectivity index (χ1v) is 24.6. The lowest BCUT2D eigenvalue weighted by Crippen LogP contribution is -2.61. The van der Waals surface area contributed by atoms with Gasteiger partial charge < -0.3 is 33.7 Å². The highest BCUT2D eigenvalue weighted by Gasteiger charge is 2.53. The van der Waals surface area contributed by atoms with Crippen molar-refractivity contribution in [1.29, 1.82) is 0 Å². The monoisotopic (exact) mass is 910 g/mol. The van der Waals surface area contributed by atoms with E-state index in [4.69, 9.17) is 23.7 Å². The molecule has 0 aromatic rings. The van der Waals surface area contributed by atoms with Crippen molar-refractivity contribution in [2.45, 2.75) is 182 Å². The van der Waals surface area contributed by atoms with Gasteiger partial charge in [0.15, 0.2) is 5.78 Å². The first-order chi connectivity index (χ1) is 30.7. The van der Waals surface area contributed by atoms with Gasteiger partial charge in [-0.15, -0.1) is 0 Å². The van der Waals surface area contributed by atoms with Gasteiger partial charge in [-0.3, -0.25) is 19.2 Å². The number of carbonyl (C=O) groups excluding carboxylic acids is 5. The van der Waals surface area contributed by atoms with E-state index in [2.05, 4.69) is 19.9 Å². The van der Waals surface area contributed by atoms with Gasteiger partial charge in [0.2, 0.25) is 5.79 Å². The zero-order valence-corrected chi connectivity index (χ0v) is 41.7. The molecule has 12 heteroatoms. The highest BCUT2D eigenvalue weighted by molar-refractivity contribution is 6.39. The molecular weight excluding hydrogens is 827 g/mol. The van der Waals surface area contributed by atoms with Crippen LogP contribution in [0.4, 0.5) is 0 Å². The highest BCUT2D eigenvalue weighted by Crippen LogP contribution is 2.38. The Balaban J connectivity index is 1.70. The van der Waals surface area contributed by atoms with Crippen molar-refractivity contribution in [3.05, 3.63) is 47.6 Å². The van der Waals surface area contributed by atoms with Crippen LogP contribution < -0.4 is 0 Å². The fraction of sp³-hybridized carbons (Fsp3) is 0.755. The van der Waals surface area contributed by atoms with E-state index in [9.17, 15) is 29.1 Å². The van der Waals surface area contributed by atoms with Crippen molar-refractivity contribution in [1.82, 2.24) is 4.90 Å². The Kier molecular flexibility index (Phi) is 21.0. The molecule has 1 saturated carbocycles. The number of esters is 1. The molecule has 1 amide bonds. The molecule has 0 aromatic heterocycles. The molecule has 1 aliphatic carbocycles. The molecule has 3 fully saturated rings. The minimum atomic E-state index is -2.39. The lowest BCUT2D eigenvalue weighted by molar-refractivity contribution is -0.265. The molecule has 366 valence electrons. The van der Waals surface area contributed by atoms with E-state index in [0.717, 1.165) is 30.4 Å². The first kappa shape index (κ1) is 54.3. The quantitative estimate of drug-likeness (QED) is 0.155. The summed E-state index contributed by atoms with van der Waals surface area (Å²) in [5, 5.41) is 12.0. The molecule has 0 radical (unpaired) electrons. The second-order valence-corrected chi connectivity index (χ2v) is 20.3. The number of hydrogen-bond acceptors (Lipinski definition) is 11. The number of cyclic esters (lactones) is 1. The van der Waals surface area contributed by atoms with Crippen molar-refractivity contribution < 1.29 is 52.8 Å². The van der Waals surface area contributed by atoms with Crippen LogP contribution in [0.25, 0.3) is 0 Å². The van der Waals surface area contributed by atoms with Gasteiger partial charge in [0.05, 0.1) is 18.3 Å². The van der Waals surface area contributed by atoms with E-state index in [1.165, 1.54) is 4.90 Å². The molecule has 2 bridgehead atoms. The number of Topliss-reactive ketones (excluding diaryl/α,β-unsaturated/α-hetero) is 3. The Bertz CT molecular complexity index is 1750. The zero-order valence-electron chi connectivity index (χ0n) is 41.7. The maximum Gasteiger partial charge on any atom is 0.329 e. The summed E-state index contributed by atoms with van der Waals surface area (Å²) in [5.74, 6) is -6.38. The Labute approximate surface area is 390 Å². The van der Waals surface area contributed by atoms with Gasteiger partial charge in [-0.1, -0.05) is 90.5 Å². The first-order valence-electron chi connectivity index (χ1n) is 24.6. The van der Waals surface area contributed by atoms with E-state index in [0.29, 0.717) is 56.8 Å². The molecule has 1 N–H and O–H groups in total. The number of carbonyl (C=O) groups is 5. The molecule has 12 nitrogen and oxygen atoms in total. The molecule has 0 aromatic carbocycles. The maximum absolute atomic E-state index is 14.4. The summed E-state index contributed by atoms with van der Waals surface area (Å²) in [6, 6.07) is -1.07. The number of ketones is 3. The number of hydrogen-bond donors (Lipinski definition) is 1. The highest BCUT2D eigenvalue weighted by atomic mass is 16.6. The minimum absolute atomic E-state index is 0.0102. The summed E-state index contributed by atoms with van der Waals surface area (Å²) in [7, 11) is 4.90. The van der Waals surface area contributed by atoms with Crippen LogP contribution in [0.5, 0.6) is 0 Å². The average Bonchev–Trinajstić information content (AvgIpc) is 3.28. The number of aliphatic hydroxyl groups is 1. The smallest absolute Gasteiger partial charge is 0.329 e. The van der Waals surface area contributed by atoms with Gasteiger partial charge >= 0.3 is 5.97 Å². The van der Waals surface area contributed by atoms with Crippen molar-refractivity contribution in [3.8, 4) is 0 Å². The van der Waals surface area contributed by atoms with Crippen LogP contribution in [0, 0.1) is 47.3 Å². The van der Waals surface area contributed by atoms with Crippen molar-refractivity contribution >= 4 is 29.2 Å². The standard InChI is InChI=1S/C53H83NO11/c1-32-18-14-13-15-19-33(2)46(62-11)30-42-24-22-39(8)53(60,65-42)50(57)51(58)54-25-17-16-20-43(54)52(59)64-47(37(6)28-41-23-21-34(3)45(29-41)61-10)31-44(55)36(5)27-35(4)40(9)49(63-12)48(56)38(7)26-32/h13-15,18-19,27,32,34,36-43,45-47,49,60H,16-17,20-26,28-31H2,1-12H3/b15-13?,18-14+,33-19?,35-27+/t32-,34-,36-,37-,38-,39-,40-,41+,42+,43+,45-,46+,47?,49-,53-/m1/s1. The second-order valence-electron chi connectivity index (χ2n) is 20.3. The van der Waals surface area contributed by atoms with Gasteiger partial charge in [-0.2, -0.15) is 0 Å². The fourth-order valence-corrected chi connectivity index (χ4v) is 10.6. The molecule has 65 heavy (non-hydrogen) atoms. The van der Waals surface area contributed by atoms with Crippen LogP contribution in [-0.4, -0.2) is 109 Å². The summed E-state index contributed by atoms with van der Waals surface area (Å²) in [6.45, 7) is 17.7. The fourth-order valence-electron chi connectivity index (χ4n) is 10.6. The third-order valence-electron chi connectivity index (χ3n) is 15.3. The number of nitrogens with zero attached hydrogens (tertiary/aromatic N) is 1. The summed E-state index contributed by atoms with van der Waals surface area (Å²) in [4.78, 5) is 72.3. The van der Waals surface area contributed by atoms with Crippen LogP contribution in [0.15, 0.2) is 47.6 Å². The molecular formula is C53H83NO11. The summed E-state index contributed by atoms with van der Waals surface area (Å²) in [5.41, 5.74) is 1.77. The van der Waals surface area contributed by atoms with Gasteiger partial charge in [-0.05, 0) is 107 Å². The molecule has 2 saturated heterocycles. The van der Waals surface area contributed by atoms with Crippen LogP contribution in [0.2, 0.25) is 0 Å². The number of ether oxygens (including phenoxy) is 5. The predicted molar refractivity (Wildman–Crippen MR) is 251 cm³/mol. The number of methoxy groups -OCH3 is 3. The molecule has 15 atom stereocenters. The third kappa shape index (κ3) is 14.4. The van der Waals surface area contributed by atoms with E-state index < -0.39 is 59.6 Å². The number of piperidine rings is 1. The average molecular weight is 910 g/mol. The third-order valence-corrected chi connectivity index (χ3v) is 15.3. The topological polar surface area (TPSA) is 155 Å². The number of rotatable bonds is 6. The molecule has 0 spiro atoms. The predicted octanol–water partition coefficient (Wildman–Crippen LogP) is 8.73. The van der Waals surface area contributed by atoms with Crippen LogP contribution in [-0.2, 0) is 47.7 Å². The van der Waals surface area contributed by atoms with E-state index in [1.807, 2.05) is 71.9 Å². The maximum atomic E-state index is 14.4. The summed E-state index contributed by atoms with van der Waals surface area (Å²) >= 11 is 0. The largest absolute Gasteiger partial charge is 0.460 e. The Morgan fingerprint density at radius 3 is 2.23 bits per heavy atom. The molecule has 3 heterocycles. The van der Waals surface area contributed by atoms with Crippen molar-refractivity contribution in [2.24, 2.45) is 47.3 Å². The SMILES string of the molecule is CO[C@H]1C[C@@H]2CC[C@@H](C)[C@@](O)(O2)C(=O)C(=O)N2CCCC[C@H]2C(=O)OC([C@H](C)C[C@@H]2CC[C@@H](C)[C@H](OC)C2)CC(=O)[C@H](C)/C=C(\C)[C@@H](C)[C@@H](OC)C(=O)[C@H](C)C[C@H](C)/C=C/C=CC=C1C. The molecule has 3 aliphatic heterocycles. The normalized spacial score (nSPS) is 39.1. The zero-order chi connectivity index (χ0) is 48.2. The number of fused-ring (bicyclic) bond motifs is 3. The Morgan fingerprint density at radius 1 is 0.831 bits per heavy atom. The lowest BCUT2D eigenvalue weighted by atomic mass is 9.76. The minimum Gasteiger partial charge on any atom is -0.460 e. The Hall–Kier alpha value is -3.29. The number of allylic oxidation sites excluding steroid dienone is 6.